The fourth-order valence-corrected chi connectivity index (χ4v) is 2.59. The van der Waals surface area contributed by atoms with E-state index in [2.05, 4.69) is 25.9 Å². The molecule has 3 rings (SSSR count). The molecule has 0 aliphatic carbocycles. The standard InChI is InChI=1S/C17H20ClN5O/c1-10-9-19-17(23-16(10)20-11(2)8-18)21-13-4-5-14-12(7-13)3-6-15(24)22-14/h4-5,7,9,11H,3,6,8H2,1-2H3,(H,22,24)(H2,19,20,21,23). The van der Waals surface area contributed by atoms with Crippen molar-refractivity contribution < 1.29 is 4.79 Å². The Hall–Kier alpha value is -2.34. The van der Waals surface area contributed by atoms with E-state index in [-0.39, 0.29) is 11.9 Å². The fraction of sp³-hybridized carbons (Fsp3) is 0.353. The van der Waals surface area contributed by atoms with Crippen LogP contribution in [0.4, 0.5) is 23.1 Å². The van der Waals surface area contributed by atoms with Gasteiger partial charge in [-0.2, -0.15) is 4.98 Å². The molecule has 0 fully saturated rings. The van der Waals surface area contributed by atoms with Crippen LogP contribution in [0.15, 0.2) is 24.4 Å². The van der Waals surface area contributed by atoms with Crippen LogP contribution in [0, 0.1) is 6.92 Å². The number of aromatic nitrogens is 2. The molecule has 24 heavy (non-hydrogen) atoms. The van der Waals surface area contributed by atoms with E-state index in [0.29, 0.717) is 18.2 Å². The van der Waals surface area contributed by atoms with Gasteiger partial charge < -0.3 is 16.0 Å². The number of hydrogen-bond acceptors (Lipinski definition) is 5. The number of halogens is 1. The molecule has 126 valence electrons. The van der Waals surface area contributed by atoms with Gasteiger partial charge in [0.15, 0.2) is 0 Å². The highest BCUT2D eigenvalue weighted by atomic mass is 35.5. The van der Waals surface area contributed by atoms with Gasteiger partial charge in [0, 0.05) is 41.5 Å². The topological polar surface area (TPSA) is 78.9 Å². The lowest BCUT2D eigenvalue weighted by Gasteiger charge is -2.18. The van der Waals surface area contributed by atoms with Crippen molar-refractivity contribution >= 4 is 40.6 Å². The Kier molecular flexibility index (Phi) is 4.85. The highest BCUT2D eigenvalue weighted by Crippen LogP contribution is 2.27. The molecule has 0 saturated heterocycles. The third-order valence-corrected chi connectivity index (χ3v) is 4.31. The van der Waals surface area contributed by atoms with Gasteiger partial charge in [0.1, 0.15) is 5.82 Å². The molecule has 2 aromatic rings. The summed E-state index contributed by atoms with van der Waals surface area (Å²) in [5.74, 6) is 1.85. The van der Waals surface area contributed by atoms with Crippen molar-refractivity contribution in [3.05, 3.63) is 35.5 Å². The Labute approximate surface area is 146 Å². The van der Waals surface area contributed by atoms with E-state index in [4.69, 9.17) is 11.6 Å². The van der Waals surface area contributed by atoms with Crippen molar-refractivity contribution in [2.24, 2.45) is 0 Å². The fourth-order valence-electron chi connectivity index (χ4n) is 2.51. The SMILES string of the molecule is Cc1cnc(Nc2ccc3c(c2)CCC(=O)N3)nc1NC(C)CCl. The van der Waals surface area contributed by atoms with E-state index < -0.39 is 0 Å². The van der Waals surface area contributed by atoms with Gasteiger partial charge in [-0.05, 0) is 44.0 Å². The Morgan fingerprint density at radius 2 is 2.21 bits per heavy atom. The van der Waals surface area contributed by atoms with Crippen LogP contribution in [0.25, 0.3) is 0 Å². The van der Waals surface area contributed by atoms with Crippen LogP contribution in [-0.4, -0.2) is 27.8 Å². The van der Waals surface area contributed by atoms with E-state index in [9.17, 15) is 4.79 Å². The van der Waals surface area contributed by atoms with Gasteiger partial charge in [0.2, 0.25) is 11.9 Å². The second kappa shape index (κ2) is 7.05. The lowest BCUT2D eigenvalue weighted by molar-refractivity contribution is -0.116. The van der Waals surface area contributed by atoms with Crippen LogP contribution in [0.5, 0.6) is 0 Å². The van der Waals surface area contributed by atoms with E-state index in [1.54, 1.807) is 6.20 Å². The number of benzene rings is 1. The highest BCUT2D eigenvalue weighted by molar-refractivity contribution is 6.18. The average molecular weight is 346 g/mol. The van der Waals surface area contributed by atoms with Crippen LogP contribution in [0.3, 0.4) is 0 Å². The van der Waals surface area contributed by atoms with Crippen molar-refractivity contribution in [1.29, 1.82) is 0 Å². The molecular weight excluding hydrogens is 326 g/mol. The first-order valence-corrected chi connectivity index (χ1v) is 8.44. The van der Waals surface area contributed by atoms with Gasteiger partial charge in [0.05, 0.1) is 0 Å². The first-order chi connectivity index (χ1) is 11.5. The Morgan fingerprint density at radius 1 is 1.38 bits per heavy atom. The molecule has 3 N–H and O–H groups in total. The van der Waals surface area contributed by atoms with Crippen LogP contribution in [0.1, 0.15) is 24.5 Å². The molecule has 0 spiro atoms. The summed E-state index contributed by atoms with van der Waals surface area (Å²) in [6.07, 6.45) is 3.03. The largest absolute Gasteiger partial charge is 0.366 e. The van der Waals surface area contributed by atoms with Crippen molar-refractivity contribution in [3.8, 4) is 0 Å². The molecule has 1 aromatic carbocycles. The zero-order chi connectivity index (χ0) is 17.1. The normalized spacial score (nSPS) is 14.5. The van der Waals surface area contributed by atoms with E-state index >= 15 is 0 Å². The molecule has 1 amide bonds. The number of aryl methyl sites for hydroxylation is 2. The summed E-state index contributed by atoms with van der Waals surface area (Å²) in [7, 11) is 0. The van der Waals surface area contributed by atoms with E-state index in [0.717, 1.165) is 34.7 Å². The first-order valence-electron chi connectivity index (χ1n) is 7.91. The average Bonchev–Trinajstić information content (AvgIpc) is 2.58. The summed E-state index contributed by atoms with van der Waals surface area (Å²) < 4.78 is 0. The van der Waals surface area contributed by atoms with E-state index in [1.807, 2.05) is 32.0 Å². The van der Waals surface area contributed by atoms with Crippen LogP contribution >= 0.6 is 11.6 Å². The molecule has 1 unspecified atom stereocenters. The van der Waals surface area contributed by atoms with Gasteiger partial charge in [-0.25, -0.2) is 4.98 Å². The Bertz CT molecular complexity index is 765. The molecular formula is C17H20ClN5O. The maximum atomic E-state index is 11.4. The Morgan fingerprint density at radius 3 is 3.00 bits per heavy atom. The number of nitrogens with zero attached hydrogens (tertiary/aromatic N) is 2. The molecule has 0 bridgehead atoms. The molecule has 6 nitrogen and oxygen atoms in total. The summed E-state index contributed by atoms with van der Waals surface area (Å²) in [4.78, 5) is 20.3. The summed E-state index contributed by atoms with van der Waals surface area (Å²) in [5.41, 5.74) is 3.84. The third kappa shape index (κ3) is 3.76. The van der Waals surface area contributed by atoms with Gasteiger partial charge in [-0.3, -0.25) is 4.79 Å². The number of anilines is 4. The molecule has 0 saturated carbocycles. The zero-order valence-electron chi connectivity index (χ0n) is 13.7. The number of amides is 1. The van der Waals surface area contributed by atoms with E-state index in [1.165, 1.54) is 0 Å². The number of carbonyl (C=O) groups is 1. The summed E-state index contributed by atoms with van der Waals surface area (Å²) in [6, 6.07) is 5.95. The van der Waals surface area contributed by atoms with Gasteiger partial charge in [0.25, 0.3) is 0 Å². The lowest BCUT2D eigenvalue weighted by Crippen LogP contribution is -2.19. The van der Waals surface area contributed by atoms with Gasteiger partial charge >= 0.3 is 0 Å². The smallest absolute Gasteiger partial charge is 0.229 e. The number of hydrogen-bond donors (Lipinski definition) is 3. The van der Waals surface area contributed by atoms with Crippen molar-refractivity contribution in [2.75, 3.05) is 21.8 Å². The minimum atomic E-state index is 0.0641. The zero-order valence-corrected chi connectivity index (χ0v) is 14.4. The molecule has 1 aromatic heterocycles. The highest BCUT2D eigenvalue weighted by Gasteiger charge is 2.15. The minimum absolute atomic E-state index is 0.0641. The molecule has 7 heteroatoms. The predicted molar refractivity (Wildman–Crippen MR) is 97.2 cm³/mol. The number of carbonyl (C=O) groups excluding carboxylic acids is 1. The van der Waals surface area contributed by atoms with Crippen LogP contribution < -0.4 is 16.0 Å². The number of rotatable bonds is 5. The van der Waals surface area contributed by atoms with Crippen molar-refractivity contribution in [1.82, 2.24) is 9.97 Å². The summed E-state index contributed by atoms with van der Waals surface area (Å²) in [6.45, 7) is 3.95. The molecule has 1 aliphatic rings. The molecule has 1 aliphatic heterocycles. The lowest BCUT2D eigenvalue weighted by atomic mass is 10.0. The monoisotopic (exact) mass is 345 g/mol. The predicted octanol–water partition coefficient (Wildman–Crippen LogP) is 3.45. The number of alkyl halides is 1. The third-order valence-electron chi connectivity index (χ3n) is 3.84. The second-order valence-corrected chi connectivity index (χ2v) is 6.28. The maximum Gasteiger partial charge on any atom is 0.229 e. The number of fused-ring (bicyclic) bond motifs is 1. The summed E-state index contributed by atoms with van der Waals surface area (Å²) >= 11 is 5.85. The van der Waals surface area contributed by atoms with Gasteiger partial charge in [-0.1, -0.05) is 0 Å². The van der Waals surface area contributed by atoms with Crippen molar-refractivity contribution in [3.63, 3.8) is 0 Å². The maximum absolute atomic E-state index is 11.4. The molecule has 0 radical (unpaired) electrons. The number of nitrogens with one attached hydrogen (secondary N) is 3. The quantitative estimate of drug-likeness (QED) is 0.723. The van der Waals surface area contributed by atoms with Crippen molar-refractivity contribution in [2.45, 2.75) is 32.7 Å². The Balaban J connectivity index is 1.79. The molecule has 2 heterocycles. The first kappa shape index (κ1) is 16.5. The minimum Gasteiger partial charge on any atom is -0.366 e. The van der Waals surface area contributed by atoms with Gasteiger partial charge in [-0.15, -0.1) is 11.6 Å². The van der Waals surface area contributed by atoms with Crippen LogP contribution in [-0.2, 0) is 11.2 Å². The molecule has 1 atom stereocenters. The second-order valence-electron chi connectivity index (χ2n) is 5.97. The van der Waals surface area contributed by atoms with Crippen LogP contribution in [0.2, 0.25) is 0 Å². The summed E-state index contributed by atoms with van der Waals surface area (Å²) in [5, 5.41) is 9.36.